The van der Waals surface area contributed by atoms with E-state index >= 15 is 0 Å². The van der Waals surface area contributed by atoms with Crippen molar-refractivity contribution in [2.24, 2.45) is 5.41 Å². The van der Waals surface area contributed by atoms with E-state index in [2.05, 4.69) is 31.2 Å². The lowest BCUT2D eigenvalue weighted by molar-refractivity contribution is -0.140. The van der Waals surface area contributed by atoms with Gasteiger partial charge >= 0.3 is 0 Å². The van der Waals surface area contributed by atoms with Gasteiger partial charge in [0.2, 0.25) is 15.9 Å². The molecule has 2 aromatic carbocycles. The Labute approximate surface area is 283 Å². The first kappa shape index (κ1) is 30.7. The summed E-state index contributed by atoms with van der Waals surface area (Å²) < 4.78 is 36.3. The number of fused-ring (bicyclic) bond motifs is 8. The topological polar surface area (TPSA) is 101 Å². The highest BCUT2D eigenvalue weighted by atomic mass is 32.2. The minimum Gasteiger partial charge on any atom is -0.497 e. The van der Waals surface area contributed by atoms with Crippen LogP contribution in [-0.4, -0.2) is 79.2 Å². The molecule has 3 aromatic rings. The van der Waals surface area contributed by atoms with E-state index in [4.69, 9.17) is 4.74 Å². The fraction of sp³-hybridized carbons (Fsp3) is 0.579. The molecule has 0 radical (unpaired) electrons. The van der Waals surface area contributed by atoms with Gasteiger partial charge in [0.25, 0.3) is 5.91 Å². The second kappa shape index (κ2) is 11.3. The molecule has 0 bridgehead atoms. The molecule has 10 heteroatoms. The van der Waals surface area contributed by atoms with Gasteiger partial charge < -0.3 is 14.2 Å². The van der Waals surface area contributed by atoms with E-state index in [9.17, 15) is 18.0 Å². The number of hydrogen-bond donors (Lipinski definition) is 1. The molecule has 3 saturated carbocycles. The predicted molar refractivity (Wildman–Crippen MR) is 185 cm³/mol. The van der Waals surface area contributed by atoms with E-state index < -0.39 is 26.6 Å². The van der Waals surface area contributed by atoms with Gasteiger partial charge in [-0.1, -0.05) is 31.7 Å². The van der Waals surface area contributed by atoms with Crippen LogP contribution in [-0.2, 0) is 21.4 Å². The molecule has 0 spiro atoms. The Morgan fingerprint density at radius 2 is 1.75 bits per heavy atom. The van der Waals surface area contributed by atoms with Crippen molar-refractivity contribution in [1.29, 1.82) is 0 Å². The van der Waals surface area contributed by atoms with Gasteiger partial charge in [0.15, 0.2) is 0 Å². The molecule has 3 aliphatic heterocycles. The van der Waals surface area contributed by atoms with Gasteiger partial charge in [-0.25, -0.2) is 13.1 Å². The van der Waals surface area contributed by atoms with Crippen LogP contribution in [0.4, 0.5) is 0 Å². The molecular formula is C38H46N4O5S. The Morgan fingerprint density at radius 1 is 0.917 bits per heavy atom. The number of nitrogens with zero attached hydrogens (tertiary/aromatic N) is 3. The Morgan fingerprint density at radius 3 is 2.52 bits per heavy atom. The average Bonchev–Trinajstić information content (AvgIpc) is 3.48. The lowest BCUT2D eigenvalue weighted by Gasteiger charge is -2.39. The number of aromatic nitrogens is 1. The summed E-state index contributed by atoms with van der Waals surface area (Å²) in [7, 11) is -2.02. The summed E-state index contributed by atoms with van der Waals surface area (Å²) in [5, 5.41) is 0.614. The van der Waals surface area contributed by atoms with Crippen LogP contribution in [0.2, 0.25) is 0 Å². The molecule has 3 aliphatic carbocycles. The maximum Gasteiger partial charge on any atom is 0.264 e. The highest BCUT2D eigenvalue weighted by Gasteiger charge is 2.64. The zero-order valence-electron chi connectivity index (χ0n) is 27.9. The van der Waals surface area contributed by atoms with E-state index in [-0.39, 0.29) is 11.8 Å². The van der Waals surface area contributed by atoms with Crippen molar-refractivity contribution in [3.05, 3.63) is 53.1 Å². The van der Waals surface area contributed by atoms with Gasteiger partial charge in [-0.3, -0.25) is 14.5 Å². The number of carbonyl (C=O) groups is 2. The zero-order chi connectivity index (χ0) is 32.8. The Hall–Kier alpha value is -3.37. The van der Waals surface area contributed by atoms with Crippen LogP contribution in [0.3, 0.4) is 0 Å². The fourth-order valence-corrected chi connectivity index (χ4v) is 11.4. The van der Waals surface area contributed by atoms with Gasteiger partial charge in [0.05, 0.1) is 23.5 Å². The number of rotatable bonds is 6. The number of hydrogen-bond acceptors (Lipinski definition) is 6. The summed E-state index contributed by atoms with van der Waals surface area (Å²) >= 11 is 0. The van der Waals surface area contributed by atoms with Crippen molar-refractivity contribution >= 4 is 32.7 Å². The number of methoxy groups -OCH3 is 1. The molecule has 2 unspecified atom stereocenters. The normalized spacial score (nSPS) is 27.3. The maximum atomic E-state index is 14.8. The van der Waals surface area contributed by atoms with Crippen LogP contribution in [0.1, 0.15) is 104 Å². The summed E-state index contributed by atoms with van der Waals surface area (Å²) in [5.74, 6) is 0.939. The smallest absolute Gasteiger partial charge is 0.264 e. The molecule has 4 heterocycles. The molecule has 6 aliphatic rings. The van der Waals surface area contributed by atoms with E-state index in [0.29, 0.717) is 36.9 Å². The van der Waals surface area contributed by atoms with Crippen LogP contribution in [0.25, 0.3) is 22.2 Å². The molecule has 1 aromatic heterocycles. The summed E-state index contributed by atoms with van der Waals surface area (Å²) in [6, 6.07) is 12.5. The van der Waals surface area contributed by atoms with Gasteiger partial charge in [-0.05, 0) is 98.9 Å². The monoisotopic (exact) mass is 670 g/mol. The first-order chi connectivity index (χ1) is 23.3. The molecule has 2 saturated heterocycles. The van der Waals surface area contributed by atoms with Crippen LogP contribution in [0, 0.1) is 5.41 Å². The van der Waals surface area contributed by atoms with Crippen molar-refractivity contribution in [3.8, 4) is 17.0 Å². The third-order valence-electron chi connectivity index (χ3n) is 12.8. The molecule has 1 N–H and O–H groups in total. The zero-order valence-corrected chi connectivity index (χ0v) is 28.7. The Kier molecular flexibility index (Phi) is 7.24. The van der Waals surface area contributed by atoms with Gasteiger partial charge in [-0.15, -0.1) is 0 Å². The highest BCUT2D eigenvalue weighted by Crippen LogP contribution is 2.66. The van der Waals surface area contributed by atoms with Crippen LogP contribution in [0.15, 0.2) is 36.4 Å². The summed E-state index contributed by atoms with van der Waals surface area (Å²) in [4.78, 5) is 33.1. The van der Waals surface area contributed by atoms with Gasteiger partial charge in [0.1, 0.15) is 5.75 Å². The number of ether oxygens (including phenoxy) is 1. The van der Waals surface area contributed by atoms with Gasteiger partial charge in [0, 0.05) is 60.2 Å². The third kappa shape index (κ3) is 4.76. The average molecular weight is 671 g/mol. The first-order valence-corrected chi connectivity index (χ1v) is 19.8. The van der Waals surface area contributed by atoms with Crippen molar-refractivity contribution in [1.82, 2.24) is 19.1 Å². The Bertz CT molecular complexity index is 1930. The number of nitrogens with one attached hydrogen (secondary N) is 1. The SMILES string of the molecule is COc1ccc2c(c1)C1CC1(C(=O)N1CCN3CCC[C@H]3C1)Cn1c-2c(C2CCCCC2)c2ccc(C(=O)NS(=O)(=O)C3CCC3)cc21. The second-order valence-electron chi connectivity index (χ2n) is 15.4. The molecule has 2 amide bonds. The third-order valence-corrected chi connectivity index (χ3v) is 14.6. The van der Waals surface area contributed by atoms with Gasteiger partial charge in [-0.2, -0.15) is 0 Å². The summed E-state index contributed by atoms with van der Waals surface area (Å²) in [5.41, 5.74) is 5.50. The molecular weight excluding hydrogens is 625 g/mol. The van der Waals surface area contributed by atoms with E-state index in [1.54, 1.807) is 13.2 Å². The second-order valence-corrected chi connectivity index (χ2v) is 17.4. The number of piperazine rings is 1. The van der Waals surface area contributed by atoms with Crippen LogP contribution < -0.4 is 9.46 Å². The number of amides is 2. The van der Waals surface area contributed by atoms with E-state index in [0.717, 1.165) is 86.2 Å². The van der Waals surface area contributed by atoms with Crippen LogP contribution in [0.5, 0.6) is 5.75 Å². The fourth-order valence-electron chi connectivity index (χ4n) is 9.87. The number of carbonyl (C=O) groups excluding carboxylic acids is 2. The molecule has 3 atom stereocenters. The molecule has 9 nitrogen and oxygen atoms in total. The van der Waals surface area contributed by atoms with E-state index in [1.165, 1.54) is 36.8 Å². The summed E-state index contributed by atoms with van der Waals surface area (Å²) in [6.07, 6.45) is 11.0. The van der Waals surface area contributed by atoms with E-state index in [1.807, 2.05) is 18.2 Å². The minimum atomic E-state index is -3.72. The largest absolute Gasteiger partial charge is 0.497 e. The summed E-state index contributed by atoms with van der Waals surface area (Å²) in [6.45, 7) is 4.18. The predicted octanol–water partition coefficient (Wildman–Crippen LogP) is 5.77. The van der Waals surface area contributed by atoms with Crippen molar-refractivity contribution < 1.29 is 22.7 Å². The molecule has 48 heavy (non-hydrogen) atoms. The van der Waals surface area contributed by atoms with Crippen molar-refractivity contribution in [2.75, 3.05) is 33.3 Å². The molecule has 254 valence electrons. The first-order valence-electron chi connectivity index (χ1n) is 18.2. The molecule has 5 fully saturated rings. The Balaban J connectivity index is 1.19. The van der Waals surface area contributed by atoms with Crippen molar-refractivity contribution in [3.63, 3.8) is 0 Å². The number of benzene rings is 2. The molecule has 9 rings (SSSR count). The van der Waals surface area contributed by atoms with Crippen LogP contribution >= 0.6 is 0 Å². The quantitative estimate of drug-likeness (QED) is 0.358. The highest BCUT2D eigenvalue weighted by molar-refractivity contribution is 7.90. The standard InChI is InChI=1S/C38H46N4O5S/c1-47-27-13-15-29-31(20-27)32-21-38(32,37(44)41-18-17-40-16-6-9-26(40)22-41)23-42-33-19-25(36(43)39-48(45,46)28-10-5-11-28)12-14-30(33)34(35(29)42)24-7-3-2-4-8-24/h12-15,19-20,24,26,28,32H,2-11,16-18,21-23H2,1H3,(H,39,43)/t26-,32?,38?/m0/s1. The minimum absolute atomic E-state index is 0.0879. The lowest BCUT2D eigenvalue weighted by atomic mass is 9.81. The lowest BCUT2D eigenvalue weighted by Crippen LogP contribution is -2.54. The maximum absolute atomic E-state index is 14.8. The number of sulfonamides is 1. The van der Waals surface area contributed by atoms with Crippen molar-refractivity contribution in [2.45, 2.75) is 100 Å².